The van der Waals surface area contributed by atoms with Crippen LogP contribution in [0.3, 0.4) is 0 Å². The summed E-state index contributed by atoms with van der Waals surface area (Å²) in [7, 11) is 0. The quantitative estimate of drug-likeness (QED) is 0.325. The Balaban J connectivity index is 1.44. The van der Waals surface area contributed by atoms with Crippen LogP contribution in [0.25, 0.3) is 22.0 Å². The average molecular weight is 473 g/mol. The van der Waals surface area contributed by atoms with Crippen LogP contribution < -0.4 is 10.5 Å². The van der Waals surface area contributed by atoms with Gasteiger partial charge in [0.25, 0.3) is 5.56 Å². The molecule has 6 heteroatoms. The van der Waals surface area contributed by atoms with Gasteiger partial charge in [-0.25, -0.2) is 4.98 Å². The fourth-order valence-corrected chi connectivity index (χ4v) is 4.95. The number of benzene rings is 3. The summed E-state index contributed by atoms with van der Waals surface area (Å²) >= 11 is 0. The van der Waals surface area contributed by atoms with E-state index < -0.39 is 0 Å². The van der Waals surface area contributed by atoms with Crippen LogP contribution in [0.2, 0.25) is 0 Å². The number of hydrogen-bond acceptors (Lipinski definition) is 5. The number of aromatic nitrogens is 3. The Labute approximate surface area is 208 Å². The number of carbonyl (C=O) groups excluding carboxylic acids is 1. The number of fused-ring (bicyclic) bond motifs is 2. The van der Waals surface area contributed by atoms with Gasteiger partial charge in [-0.05, 0) is 41.0 Å². The highest BCUT2D eigenvalue weighted by Crippen LogP contribution is 2.34. The number of hydrogen-bond donors (Lipinski definition) is 0. The molecular formula is C30H24N4O2. The Morgan fingerprint density at radius 2 is 1.61 bits per heavy atom. The Kier molecular flexibility index (Phi) is 5.62. The van der Waals surface area contributed by atoms with Crippen LogP contribution >= 0.6 is 0 Å². The van der Waals surface area contributed by atoms with Crippen molar-refractivity contribution in [1.29, 1.82) is 0 Å². The Morgan fingerprint density at radius 3 is 2.42 bits per heavy atom. The summed E-state index contributed by atoms with van der Waals surface area (Å²) in [4.78, 5) is 37.7. The van der Waals surface area contributed by atoms with Crippen molar-refractivity contribution in [2.75, 3.05) is 11.4 Å². The van der Waals surface area contributed by atoms with Gasteiger partial charge in [0.2, 0.25) is 5.95 Å². The number of ketones is 1. The molecule has 0 saturated heterocycles. The van der Waals surface area contributed by atoms with E-state index in [-0.39, 0.29) is 23.9 Å². The van der Waals surface area contributed by atoms with Gasteiger partial charge < -0.3 is 4.90 Å². The van der Waals surface area contributed by atoms with E-state index in [9.17, 15) is 9.59 Å². The zero-order valence-corrected chi connectivity index (χ0v) is 19.6. The molecule has 3 aromatic carbocycles. The summed E-state index contributed by atoms with van der Waals surface area (Å²) in [6.07, 6.45) is 4.07. The van der Waals surface area contributed by atoms with E-state index in [1.807, 2.05) is 77.7 Å². The van der Waals surface area contributed by atoms with Crippen molar-refractivity contribution < 1.29 is 4.79 Å². The molecule has 0 fully saturated rings. The fourth-order valence-electron chi connectivity index (χ4n) is 4.95. The summed E-state index contributed by atoms with van der Waals surface area (Å²) in [6.45, 7) is 0.655. The molecule has 3 heterocycles. The smallest absolute Gasteiger partial charge is 0.255 e. The molecule has 0 N–H and O–H groups in total. The topological polar surface area (TPSA) is 68.1 Å². The van der Waals surface area contributed by atoms with Crippen LogP contribution in [0.4, 0.5) is 5.95 Å². The van der Waals surface area contributed by atoms with Crippen LogP contribution in [0.1, 0.15) is 28.4 Å². The summed E-state index contributed by atoms with van der Waals surface area (Å²) in [5.74, 6) is 0.502. The number of nitrogens with zero attached hydrogens (tertiary/aromatic N) is 4. The van der Waals surface area contributed by atoms with Gasteiger partial charge in [-0.15, -0.1) is 0 Å². The molecule has 0 radical (unpaired) electrons. The minimum Gasteiger partial charge on any atom is -0.327 e. The van der Waals surface area contributed by atoms with E-state index in [4.69, 9.17) is 4.98 Å². The molecule has 0 amide bonds. The summed E-state index contributed by atoms with van der Waals surface area (Å²) in [5.41, 5.74) is 3.00. The van der Waals surface area contributed by atoms with Crippen molar-refractivity contribution in [3.05, 3.63) is 125 Å². The van der Waals surface area contributed by atoms with Crippen LogP contribution in [0.15, 0.2) is 108 Å². The molecule has 176 valence electrons. The van der Waals surface area contributed by atoms with E-state index in [0.29, 0.717) is 30.2 Å². The maximum Gasteiger partial charge on any atom is 0.255 e. The lowest BCUT2D eigenvalue weighted by Crippen LogP contribution is -2.43. The Hall–Kier alpha value is -4.58. The van der Waals surface area contributed by atoms with Gasteiger partial charge in [0.05, 0.1) is 18.3 Å². The third-order valence-corrected chi connectivity index (χ3v) is 6.79. The van der Waals surface area contributed by atoms with Crippen molar-refractivity contribution in [2.45, 2.75) is 19.0 Å². The molecule has 2 aromatic heterocycles. The number of pyridine rings is 1. The molecule has 5 aromatic rings. The standard InChI is InChI=1S/C30H24N4O2/c35-28(25-11-10-21-6-4-5-9-24(21)18-25)20-34-27(23-7-2-1-3-8-23)14-17-33-29(36)19-26(32-30(33)34)22-12-15-31-16-13-22/h1-13,15-16,18-19,27H,14,17,20H2. The predicted molar refractivity (Wildman–Crippen MR) is 141 cm³/mol. The normalized spacial score (nSPS) is 15.0. The summed E-state index contributed by atoms with van der Waals surface area (Å²) < 4.78 is 1.68. The fraction of sp³-hybridized carbons (Fsp3) is 0.133. The number of carbonyl (C=O) groups is 1. The first-order valence-corrected chi connectivity index (χ1v) is 12.0. The molecule has 0 aliphatic carbocycles. The van der Waals surface area contributed by atoms with Crippen molar-refractivity contribution >= 4 is 22.5 Å². The zero-order chi connectivity index (χ0) is 24.5. The van der Waals surface area contributed by atoms with Crippen molar-refractivity contribution in [3.63, 3.8) is 0 Å². The molecule has 1 aliphatic heterocycles. The van der Waals surface area contributed by atoms with Gasteiger partial charge in [0.1, 0.15) is 0 Å². The van der Waals surface area contributed by atoms with Gasteiger partial charge in [0, 0.05) is 36.1 Å². The number of rotatable bonds is 5. The lowest BCUT2D eigenvalue weighted by molar-refractivity contribution is 0.0994. The van der Waals surface area contributed by atoms with Gasteiger partial charge in [-0.3, -0.25) is 19.1 Å². The first-order valence-electron chi connectivity index (χ1n) is 12.0. The SMILES string of the molecule is O=C(CN1c2nc(-c3ccncc3)cc(=O)n2CCC1c1ccccc1)c1ccc2ccccc2c1. The van der Waals surface area contributed by atoms with E-state index >= 15 is 0 Å². The monoisotopic (exact) mass is 472 g/mol. The molecule has 1 atom stereocenters. The molecule has 36 heavy (non-hydrogen) atoms. The first-order chi connectivity index (χ1) is 17.7. The summed E-state index contributed by atoms with van der Waals surface area (Å²) in [6, 6.07) is 29.1. The highest BCUT2D eigenvalue weighted by Gasteiger charge is 2.31. The second-order valence-electron chi connectivity index (χ2n) is 9.00. The second-order valence-corrected chi connectivity index (χ2v) is 9.00. The van der Waals surface area contributed by atoms with E-state index in [1.165, 1.54) is 0 Å². The molecular weight excluding hydrogens is 448 g/mol. The van der Waals surface area contributed by atoms with Crippen LogP contribution in [0, 0.1) is 0 Å². The maximum atomic E-state index is 13.6. The van der Waals surface area contributed by atoms with E-state index in [0.717, 1.165) is 21.9 Å². The molecule has 0 saturated carbocycles. The lowest BCUT2D eigenvalue weighted by Gasteiger charge is -2.38. The van der Waals surface area contributed by atoms with Crippen LogP contribution in [0.5, 0.6) is 0 Å². The molecule has 6 rings (SSSR count). The molecule has 1 unspecified atom stereocenters. The third-order valence-electron chi connectivity index (χ3n) is 6.79. The van der Waals surface area contributed by atoms with Crippen LogP contribution in [-0.4, -0.2) is 26.9 Å². The van der Waals surface area contributed by atoms with Gasteiger partial charge in [0.15, 0.2) is 5.78 Å². The largest absolute Gasteiger partial charge is 0.327 e. The molecule has 1 aliphatic rings. The van der Waals surface area contributed by atoms with E-state index in [2.05, 4.69) is 17.1 Å². The molecule has 0 bridgehead atoms. The average Bonchev–Trinajstić information content (AvgIpc) is 2.94. The minimum absolute atomic E-state index is 0.0151. The lowest BCUT2D eigenvalue weighted by atomic mass is 9.98. The highest BCUT2D eigenvalue weighted by molar-refractivity contribution is 6.02. The first kappa shape index (κ1) is 21.9. The summed E-state index contributed by atoms with van der Waals surface area (Å²) in [5, 5.41) is 2.12. The highest BCUT2D eigenvalue weighted by atomic mass is 16.1. The predicted octanol–water partition coefficient (Wildman–Crippen LogP) is 5.29. The van der Waals surface area contributed by atoms with Crippen molar-refractivity contribution in [2.24, 2.45) is 0 Å². The van der Waals surface area contributed by atoms with Crippen molar-refractivity contribution in [1.82, 2.24) is 14.5 Å². The van der Waals surface area contributed by atoms with Gasteiger partial charge in [-0.1, -0.05) is 66.7 Å². The number of anilines is 1. The second kappa shape index (κ2) is 9.23. The molecule has 6 nitrogen and oxygen atoms in total. The maximum absolute atomic E-state index is 13.6. The Morgan fingerprint density at radius 1 is 0.861 bits per heavy atom. The zero-order valence-electron chi connectivity index (χ0n) is 19.6. The van der Waals surface area contributed by atoms with E-state index in [1.54, 1.807) is 23.0 Å². The third kappa shape index (κ3) is 4.07. The van der Waals surface area contributed by atoms with Crippen molar-refractivity contribution in [3.8, 4) is 11.3 Å². The minimum atomic E-state index is -0.124. The Bertz CT molecular complexity index is 1610. The molecule has 0 spiro atoms. The van der Waals surface area contributed by atoms with Crippen LogP contribution in [-0.2, 0) is 6.54 Å². The van der Waals surface area contributed by atoms with Gasteiger partial charge in [-0.2, -0.15) is 0 Å². The van der Waals surface area contributed by atoms with Gasteiger partial charge >= 0.3 is 0 Å². The number of Topliss-reactive ketones (excluding diaryl/α,β-unsaturated/α-hetero) is 1.